The number of benzene rings is 1. The van der Waals surface area contributed by atoms with Crippen LogP contribution in [-0.2, 0) is 0 Å². The van der Waals surface area contributed by atoms with Crippen LogP contribution >= 0.6 is 0 Å². The number of nitrogens with zero attached hydrogens (tertiary/aromatic N) is 4. The quantitative estimate of drug-likeness (QED) is 0.760. The second kappa shape index (κ2) is 9.03. The van der Waals surface area contributed by atoms with Gasteiger partial charge in [0.15, 0.2) is 5.82 Å². The molecule has 2 bridgehead atoms. The fourth-order valence-corrected chi connectivity index (χ4v) is 7.41. The summed E-state index contributed by atoms with van der Waals surface area (Å²) in [5.74, 6) is 0.608. The second-order valence-corrected chi connectivity index (χ2v) is 11.1. The van der Waals surface area contributed by atoms with E-state index in [0.29, 0.717) is 17.9 Å². The smallest absolute Gasteiger partial charge is 0.294 e. The first kappa shape index (κ1) is 21.6. The molecule has 6 heteroatoms. The Labute approximate surface area is 197 Å². The molecule has 1 aliphatic carbocycles. The van der Waals surface area contributed by atoms with Gasteiger partial charge in [0.25, 0.3) is 5.56 Å². The van der Waals surface area contributed by atoms with Crippen molar-refractivity contribution in [2.24, 2.45) is 5.73 Å². The zero-order valence-electron chi connectivity index (χ0n) is 19.9. The van der Waals surface area contributed by atoms with Gasteiger partial charge in [-0.1, -0.05) is 44.2 Å². The van der Waals surface area contributed by atoms with Crippen molar-refractivity contribution in [2.45, 2.75) is 107 Å². The van der Waals surface area contributed by atoms with Crippen LogP contribution in [0.1, 0.15) is 83.1 Å². The molecular formula is C27H39N5O. The lowest BCUT2D eigenvalue weighted by atomic mass is 9.89. The Balaban J connectivity index is 1.33. The molecule has 1 aromatic heterocycles. The minimum absolute atomic E-state index is 0.0894. The summed E-state index contributed by atoms with van der Waals surface area (Å²) in [6.45, 7) is 1.55. The summed E-state index contributed by atoms with van der Waals surface area (Å²) >= 11 is 0. The topological polar surface area (TPSA) is 67.4 Å². The number of piperidine rings is 1. The number of aromatic nitrogens is 2. The first-order valence-electron chi connectivity index (χ1n) is 13.5. The maximum absolute atomic E-state index is 13.9. The molecule has 0 radical (unpaired) electrons. The molecule has 4 fully saturated rings. The lowest BCUT2D eigenvalue weighted by Gasteiger charge is -2.45. The molecule has 0 amide bonds. The van der Waals surface area contributed by atoms with Gasteiger partial charge < -0.3 is 15.2 Å². The minimum Gasteiger partial charge on any atom is -0.350 e. The number of para-hydroxylation sites is 2. The van der Waals surface area contributed by atoms with Gasteiger partial charge in [0.1, 0.15) is 0 Å². The maximum Gasteiger partial charge on any atom is 0.294 e. The Morgan fingerprint density at radius 3 is 2.21 bits per heavy atom. The largest absolute Gasteiger partial charge is 0.350 e. The molecule has 6 nitrogen and oxygen atoms in total. The van der Waals surface area contributed by atoms with E-state index >= 15 is 0 Å². The van der Waals surface area contributed by atoms with Crippen LogP contribution in [0.2, 0.25) is 0 Å². The van der Waals surface area contributed by atoms with Crippen LogP contribution in [0.25, 0.3) is 11.0 Å². The van der Waals surface area contributed by atoms with Crippen LogP contribution in [0.15, 0.2) is 29.1 Å². The highest BCUT2D eigenvalue weighted by atomic mass is 16.1. The Morgan fingerprint density at radius 1 is 0.818 bits per heavy atom. The fourth-order valence-electron chi connectivity index (χ4n) is 7.41. The van der Waals surface area contributed by atoms with Gasteiger partial charge in [-0.2, -0.15) is 0 Å². The fraction of sp³-hybridized carbons (Fsp3) is 0.704. The van der Waals surface area contributed by atoms with Crippen LogP contribution in [0.5, 0.6) is 0 Å². The van der Waals surface area contributed by atoms with E-state index < -0.39 is 0 Å². The summed E-state index contributed by atoms with van der Waals surface area (Å²) in [5, 5.41) is 0. The van der Waals surface area contributed by atoms with Gasteiger partial charge >= 0.3 is 0 Å². The van der Waals surface area contributed by atoms with E-state index in [-0.39, 0.29) is 17.6 Å². The van der Waals surface area contributed by atoms with E-state index in [2.05, 4.69) is 26.5 Å². The molecule has 1 aromatic carbocycles. The molecule has 2 unspecified atom stereocenters. The average molecular weight is 450 g/mol. The average Bonchev–Trinajstić information content (AvgIpc) is 3.33. The van der Waals surface area contributed by atoms with Gasteiger partial charge in [-0.05, 0) is 57.1 Å². The standard InChI is InChI=1S/C27H39N5O/c28-19-14-15-30(18-19)26-27(33)32(25-11-7-6-10-24(25)29-26)23-16-21-12-13-22(17-23)31(21)20-8-4-2-1-3-5-9-20/h6-7,10-11,19-23H,1-5,8-9,12-18,28H2/t19-,21?,22?,23?/m1/s1. The third-order valence-corrected chi connectivity index (χ3v) is 8.93. The highest BCUT2D eigenvalue weighted by molar-refractivity contribution is 5.76. The van der Waals surface area contributed by atoms with E-state index in [9.17, 15) is 4.79 Å². The third kappa shape index (κ3) is 3.99. The molecule has 1 saturated carbocycles. The summed E-state index contributed by atoms with van der Waals surface area (Å²) in [5.41, 5.74) is 8.19. The van der Waals surface area contributed by atoms with Crippen molar-refractivity contribution in [1.29, 1.82) is 0 Å². The second-order valence-electron chi connectivity index (χ2n) is 11.1. The molecule has 3 aliphatic heterocycles. The molecule has 0 spiro atoms. The van der Waals surface area contributed by atoms with Gasteiger partial charge in [0, 0.05) is 43.3 Å². The maximum atomic E-state index is 13.9. The Hall–Kier alpha value is -1.92. The van der Waals surface area contributed by atoms with Gasteiger partial charge in [0.2, 0.25) is 0 Å². The van der Waals surface area contributed by atoms with Crippen LogP contribution < -0.4 is 16.2 Å². The van der Waals surface area contributed by atoms with Crippen LogP contribution in [0, 0.1) is 0 Å². The lowest BCUT2D eigenvalue weighted by molar-refractivity contribution is 0.0498. The first-order chi connectivity index (χ1) is 16.2. The van der Waals surface area contributed by atoms with Crippen molar-refractivity contribution in [3.05, 3.63) is 34.6 Å². The zero-order chi connectivity index (χ0) is 22.4. The van der Waals surface area contributed by atoms with E-state index in [0.717, 1.165) is 49.4 Å². The Morgan fingerprint density at radius 2 is 1.52 bits per heavy atom. The molecule has 33 heavy (non-hydrogen) atoms. The summed E-state index contributed by atoms with van der Waals surface area (Å²) in [6.07, 6.45) is 15.5. The molecule has 3 saturated heterocycles. The lowest BCUT2D eigenvalue weighted by Crippen LogP contribution is -2.50. The van der Waals surface area contributed by atoms with Crippen molar-refractivity contribution < 1.29 is 0 Å². The number of fused-ring (bicyclic) bond motifs is 3. The highest BCUT2D eigenvalue weighted by Gasteiger charge is 2.44. The van der Waals surface area contributed by atoms with Crippen LogP contribution in [0.4, 0.5) is 5.82 Å². The van der Waals surface area contributed by atoms with Gasteiger partial charge in [-0.3, -0.25) is 9.69 Å². The molecular weight excluding hydrogens is 410 g/mol. The van der Waals surface area contributed by atoms with Gasteiger partial charge in [-0.25, -0.2) is 4.98 Å². The number of rotatable bonds is 3. The van der Waals surface area contributed by atoms with Crippen molar-refractivity contribution in [2.75, 3.05) is 18.0 Å². The Kier molecular flexibility index (Phi) is 5.91. The van der Waals surface area contributed by atoms with Gasteiger partial charge in [-0.15, -0.1) is 0 Å². The molecule has 2 aromatic rings. The summed E-state index contributed by atoms with van der Waals surface area (Å²) in [4.78, 5) is 23.7. The van der Waals surface area contributed by atoms with Crippen molar-refractivity contribution in [1.82, 2.24) is 14.5 Å². The third-order valence-electron chi connectivity index (χ3n) is 8.93. The number of nitrogens with two attached hydrogens (primary N) is 1. The van der Waals surface area contributed by atoms with Crippen molar-refractivity contribution >= 4 is 16.9 Å². The van der Waals surface area contributed by atoms with E-state index in [1.807, 2.05) is 12.1 Å². The number of anilines is 1. The molecule has 6 rings (SSSR count). The zero-order valence-corrected chi connectivity index (χ0v) is 19.9. The van der Waals surface area contributed by atoms with Crippen LogP contribution in [0.3, 0.4) is 0 Å². The summed E-state index contributed by atoms with van der Waals surface area (Å²) in [6, 6.07) is 10.6. The van der Waals surface area contributed by atoms with E-state index in [1.54, 1.807) is 0 Å². The van der Waals surface area contributed by atoms with Gasteiger partial charge in [0.05, 0.1) is 11.0 Å². The monoisotopic (exact) mass is 449 g/mol. The summed E-state index contributed by atoms with van der Waals surface area (Å²) < 4.78 is 2.13. The number of hydrogen-bond donors (Lipinski definition) is 1. The Bertz CT molecular complexity index is 1030. The van der Waals surface area contributed by atoms with E-state index in [4.69, 9.17) is 10.7 Å². The van der Waals surface area contributed by atoms with Crippen LogP contribution in [-0.4, -0.2) is 51.7 Å². The SMILES string of the molecule is N[C@@H]1CCN(c2nc3ccccc3n(C3CC4CCC(C3)N4C3CCCCCCC3)c2=O)C1. The normalized spacial score (nSPS) is 31.7. The van der Waals surface area contributed by atoms with E-state index in [1.165, 1.54) is 57.8 Å². The molecule has 4 heterocycles. The van der Waals surface area contributed by atoms with Crippen molar-refractivity contribution in [3.8, 4) is 0 Å². The molecule has 3 atom stereocenters. The first-order valence-corrected chi connectivity index (χ1v) is 13.5. The molecule has 2 N–H and O–H groups in total. The number of hydrogen-bond acceptors (Lipinski definition) is 5. The predicted molar refractivity (Wildman–Crippen MR) is 134 cm³/mol. The predicted octanol–water partition coefficient (Wildman–Crippen LogP) is 4.21. The summed E-state index contributed by atoms with van der Waals surface area (Å²) in [7, 11) is 0. The minimum atomic E-state index is 0.0894. The molecule has 178 valence electrons. The highest BCUT2D eigenvalue weighted by Crippen LogP contribution is 2.44. The van der Waals surface area contributed by atoms with Crippen molar-refractivity contribution in [3.63, 3.8) is 0 Å². The molecule has 4 aliphatic rings.